The smallest absolute Gasteiger partial charge is 0.160 e. The predicted octanol–water partition coefficient (Wildman–Crippen LogP) is 0.795. The minimum atomic E-state index is -0.937. The maximum atomic E-state index is 11.3. The van der Waals surface area contributed by atoms with Gasteiger partial charge in [0, 0.05) is 12.8 Å². The van der Waals surface area contributed by atoms with E-state index in [-0.39, 0.29) is 37.6 Å². The van der Waals surface area contributed by atoms with Gasteiger partial charge in [0.15, 0.2) is 11.6 Å². The first-order chi connectivity index (χ1) is 8.73. The molecule has 0 heterocycles. The summed E-state index contributed by atoms with van der Waals surface area (Å²) in [6.45, 7) is 9.96. The molecule has 0 bridgehead atoms. The lowest BCUT2D eigenvalue weighted by Gasteiger charge is -2.13. The van der Waals surface area contributed by atoms with E-state index in [1.54, 1.807) is 13.8 Å². The van der Waals surface area contributed by atoms with Crippen molar-refractivity contribution in [2.75, 3.05) is 13.2 Å². The number of allylic oxidation sites excluding steroid dienone is 2. The predicted molar refractivity (Wildman–Crippen MR) is 71.7 cm³/mol. The number of carbonyl (C=O) groups excluding carboxylic acids is 2. The maximum absolute atomic E-state index is 11.3. The molecule has 0 rings (SSSR count). The summed E-state index contributed by atoms with van der Waals surface area (Å²) in [7, 11) is 0. The fourth-order valence-corrected chi connectivity index (χ4v) is 1.23. The Morgan fingerprint density at radius 3 is 1.53 bits per heavy atom. The summed E-state index contributed by atoms with van der Waals surface area (Å²) in [4.78, 5) is 22.5. The monoisotopic (exact) mass is 270 g/mol. The minimum Gasteiger partial charge on any atom is -0.390 e. The summed E-state index contributed by atoms with van der Waals surface area (Å²) in [5, 5.41) is 19.0. The molecular weight excluding hydrogens is 248 g/mol. The fraction of sp³-hybridized carbons (Fsp3) is 0.571. The molecule has 0 aromatic carbocycles. The molecule has 2 N–H and O–H groups in total. The standard InChI is InChI=1S/C14H22O5/c1-9(2)13(17)5-11(15)7-19-8-12(16)6-14(18)10(3)4/h11-12,15-16H,1,3,5-8H2,2,4H3. The Morgan fingerprint density at radius 2 is 1.26 bits per heavy atom. The molecule has 0 aromatic rings. The molecule has 5 heteroatoms. The lowest BCUT2D eigenvalue weighted by molar-refractivity contribution is -0.119. The SMILES string of the molecule is C=C(C)C(=O)CC(O)COCC(O)CC(=O)C(=C)C. The van der Waals surface area contributed by atoms with Crippen molar-refractivity contribution in [3.05, 3.63) is 24.3 Å². The van der Waals surface area contributed by atoms with E-state index >= 15 is 0 Å². The Labute approximate surface area is 113 Å². The van der Waals surface area contributed by atoms with Gasteiger partial charge in [0.25, 0.3) is 0 Å². The number of carbonyl (C=O) groups is 2. The largest absolute Gasteiger partial charge is 0.390 e. The van der Waals surface area contributed by atoms with Gasteiger partial charge >= 0.3 is 0 Å². The Kier molecular flexibility index (Phi) is 8.14. The number of aliphatic hydroxyl groups is 2. The Bertz CT molecular complexity index is 325. The first kappa shape index (κ1) is 17.7. The van der Waals surface area contributed by atoms with Crippen LogP contribution >= 0.6 is 0 Å². The molecule has 5 nitrogen and oxygen atoms in total. The third-order valence-electron chi connectivity index (χ3n) is 2.41. The molecule has 0 aliphatic rings. The number of rotatable bonds is 10. The minimum absolute atomic E-state index is 0.0594. The van der Waals surface area contributed by atoms with Crippen molar-refractivity contribution in [1.82, 2.24) is 0 Å². The molecule has 108 valence electrons. The molecule has 0 aliphatic heterocycles. The molecule has 0 aromatic heterocycles. The first-order valence-electron chi connectivity index (χ1n) is 6.05. The zero-order valence-electron chi connectivity index (χ0n) is 11.5. The van der Waals surface area contributed by atoms with Crippen LogP contribution in [0.5, 0.6) is 0 Å². The molecule has 2 atom stereocenters. The van der Waals surface area contributed by atoms with Crippen molar-refractivity contribution in [3.8, 4) is 0 Å². The van der Waals surface area contributed by atoms with Gasteiger partial charge in [-0.1, -0.05) is 13.2 Å². The van der Waals surface area contributed by atoms with Gasteiger partial charge in [-0.05, 0) is 25.0 Å². The van der Waals surface area contributed by atoms with Gasteiger partial charge in [-0.3, -0.25) is 9.59 Å². The third kappa shape index (κ3) is 8.42. The number of hydrogen-bond acceptors (Lipinski definition) is 5. The molecule has 0 spiro atoms. The van der Waals surface area contributed by atoms with Gasteiger partial charge in [-0.25, -0.2) is 0 Å². The van der Waals surface area contributed by atoms with Gasteiger partial charge in [0.05, 0.1) is 25.4 Å². The van der Waals surface area contributed by atoms with Crippen LogP contribution in [0.25, 0.3) is 0 Å². The summed E-state index contributed by atoms with van der Waals surface area (Å²) in [5.74, 6) is -0.455. The zero-order chi connectivity index (χ0) is 15.0. The Morgan fingerprint density at radius 1 is 0.947 bits per heavy atom. The molecule has 0 aliphatic carbocycles. The lowest BCUT2D eigenvalue weighted by Crippen LogP contribution is -2.25. The van der Waals surface area contributed by atoms with E-state index in [2.05, 4.69) is 13.2 Å². The summed E-state index contributed by atoms with van der Waals surface area (Å²) < 4.78 is 5.05. The summed E-state index contributed by atoms with van der Waals surface area (Å²) in [6.07, 6.45) is -1.99. The van der Waals surface area contributed by atoms with Crippen LogP contribution in [0.15, 0.2) is 24.3 Å². The van der Waals surface area contributed by atoms with E-state index in [1.807, 2.05) is 0 Å². The number of aliphatic hydroxyl groups excluding tert-OH is 2. The molecule has 0 saturated heterocycles. The number of ether oxygens (including phenoxy) is 1. The van der Waals surface area contributed by atoms with Gasteiger partial charge in [0.2, 0.25) is 0 Å². The number of Topliss-reactive ketones (excluding diaryl/α,β-unsaturated/α-hetero) is 2. The average molecular weight is 270 g/mol. The van der Waals surface area contributed by atoms with E-state index in [0.717, 1.165) is 0 Å². The second-order valence-corrected chi connectivity index (χ2v) is 4.66. The van der Waals surface area contributed by atoms with E-state index in [0.29, 0.717) is 11.1 Å². The van der Waals surface area contributed by atoms with Crippen LogP contribution in [-0.4, -0.2) is 47.2 Å². The van der Waals surface area contributed by atoms with E-state index in [9.17, 15) is 19.8 Å². The van der Waals surface area contributed by atoms with Crippen LogP contribution in [-0.2, 0) is 14.3 Å². The Balaban J connectivity index is 3.84. The van der Waals surface area contributed by atoms with Gasteiger partial charge in [-0.2, -0.15) is 0 Å². The van der Waals surface area contributed by atoms with E-state index in [4.69, 9.17) is 4.74 Å². The van der Waals surface area contributed by atoms with E-state index < -0.39 is 12.2 Å². The first-order valence-corrected chi connectivity index (χ1v) is 6.05. The molecule has 0 amide bonds. The van der Waals surface area contributed by atoms with Crippen molar-refractivity contribution in [3.63, 3.8) is 0 Å². The maximum Gasteiger partial charge on any atom is 0.160 e. The van der Waals surface area contributed by atoms with Crippen molar-refractivity contribution < 1.29 is 24.5 Å². The molecule has 0 saturated carbocycles. The quantitative estimate of drug-likeness (QED) is 0.574. The van der Waals surface area contributed by atoms with Crippen LogP contribution in [0.3, 0.4) is 0 Å². The molecule has 0 fully saturated rings. The zero-order valence-corrected chi connectivity index (χ0v) is 11.5. The van der Waals surface area contributed by atoms with Gasteiger partial charge in [0.1, 0.15) is 0 Å². The molecular formula is C14H22O5. The second-order valence-electron chi connectivity index (χ2n) is 4.66. The summed E-state index contributed by atoms with van der Waals surface area (Å²) in [6, 6.07) is 0. The highest BCUT2D eigenvalue weighted by molar-refractivity contribution is 5.94. The van der Waals surface area contributed by atoms with Crippen LogP contribution in [0, 0.1) is 0 Å². The third-order valence-corrected chi connectivity index (χ3v) is 2.41. The van der Waals surface area contributed by atoms with E-state index in [1.165, 1.54) is 0 Å². The second kappa shape index (κ2) is 8.74. The lowest BCUT2D eigenvalue weighted by atomic mass is 10.1. The molecule has 0 radical (unpaired) electrons. The molecule has 19 heavy (non-hydrogen) atoms. The van der Waals surface area contributed by atoms with Crippen LogP contribution in [0.4, 0.5) is 0 Å². The highest BCUT2D eigenvalue weighted by Gasteiger charge is 2.14. The van der Waals surface area contributed by atoms with Crippen molar-refractivity contribution >= 4 is 11.6 Å². The van der Waals surface area contributed by atoms with Crippen molar-refractivity contribution in [2.24, 2.45) is 0 Å². The number of hydrogen-bond donors (Lipinski definition) is 2. The van der Waals surface area contributed by atoms with Crippen LogP contribution in [0.1, 0.15) is 26.7 Å². The number of ketones is 2. The highest BCUT2D eigenvalue weighted by atomic mass is 16.5. The normalized spacial score (nSPS) is 13.7. The topological polar surface area (TPSA) is 83.8 Å². The summed E-state index contributed by atoms with van der Waals surface area (Å²) >= 11 is 0. The average Bonchev–Trinajstić information content (AvgIpc) is 2.28. The highest BCUT2D eigenvalue weighted by Crippen LogP contribution is 2.03. The van der Waals surface area contributed by atoms with Gasteiger partial charge < -0.3 is 14.9 Å². The fourth-order valence-electron chi connectivity index (χ4n) is 1.23. The van der Waals surface area contributed by atoms with Crippen LogP contribution in [0.2, 0.25) is 0 Å². The van der Waals surface area contributed by atoms with Crippen LogP contribution < -0.4 is 0 Å². The van der Waals surface area contributed by atoms with Crippen molar-refractivity contribution in [2.45, 2.75) is 38.9 Å². The van der Waals surface area contributed by atoms with Gasteiger partial charge in [-0.15, -0.1) is 0 Å². The molecule has 2 unspecified atom stereocenters. The summed E-state index contributed by atoms with van der Waals surface area (Å²) in [5.41, 5.74) is 0.761. The Hall–Kier alpha value is -1.30. The van der Waals surface area contributed by atoms with Crippen molar-refractivity contribution in [1.29, 1.82) is 0 Å².